The Balaban J connectivity index is 3.28. The topological polar surface area (TPSA) is 67.8 Å². The Morgan fingerprint density at radius 1 is 1.62 bits per heavy atom. The summed E-state index contributed by atoms with van der Waals surface area (Å²) in [7, 11) is 1.51. The molecule has 1 atom stereocenters. The number of ether oxygens (including phenoxy) is 2. The van der Waals surface area contributed by atoms with Crippen LogP contribution in [-0.2, 0) is 14.3 Å². The van der Waals surface area contributed by atoms with Gasteiger partial charge in [0.15, 0.2) is 0 Å². The molecule has 0 heterocycles. The number of aliphatic hydroxyl groups excluding tert-OH is 1. The van der Waals surface area contributed by atoms with E-state index in [9.17, 15) is 4.79 Å². The number of esters is 1. The summed E-state index contributed by atoms with van der Waals surface area (Å²) in [5.41, 5.74) is 0. The molecule has 0 saturated carbocycles. The molecule has 0 saturated heterocycles. The predicted molar refractivity (Wildman–Crippen MR) is 47.4 cm³/mol. The third-order valence-corrected chi connectivity index (χ3v) is 1.31. The van der Waals surface area contributed by atoms with Crippen molar-refractivity contribution >= 4 is 5.97 Å². The lowest BCUT2D eigenvalue weighted by molar-refractivity contribution is -0.142. The van der Waals surface area contributed by atoms with Crippen LogP contribution >= 0.6 is 0 Å². The van der Waals surface area contributed by atoms with E-state index in [1.165, 1.54) is 7.11 Å². The van der Waals surface area contributed by atoms with Gasteiger partial charge in [-0.05, 0) is 6.92 Å². The smallest absolute Gasteiger partial charge is 0.319 e. The quantitative estimate of drug-likeness (QED) is 0.513. The molecule has 0 amide bonds. The normalized spacial score (nSPS) is 12.5. The van der Waals surface area contributed by atoms with Gasteiger partial charge in [-0.15, -0.1) is 0 Å². The highest BCUT2D eigenvalue weighted by Crippen LogP contribution is 1.81. The average Bonchev–Trinajstić information content (AvgIpc) is 2.05. The highest BCUT2D eigenvalue weighted by molar-refractivity contribution is 5.71. The standard InChI is InChI=1S/C8H17NO4/c1-3-13-8(11)5-9-4-7(10)6-12-2/h7,9-10H,3-6H2,1-2H3. The number of methoxy groups -OCH3 is 1. The highest BCUT2D eigenvalue weighted by Gasteiger charge is 2.04. The van der Waals surface area contributed by atoms with Gasteiger partial charge in [0.1, 0.15) is 0 Å². The van der Waals surface area contributed by atoms with Gasteiger partial charge >= 0.3 is 5.97 Å². The fourth-order valence-corrected chi connectivity index (χ4v) is 0.804. The molecule has 0 aromatic heterocycles. The summed E-state index contributed by atoms with van der Waals surface area (Å²) < 4.78 is 9.37. The van der Waals surface area contributed by atoms with Crippen molar-refractivity contribution in [3.63, 3.8) is 0 Å². The number of carbonyl (C=O) groups excluding carboxylic acids is 1. The molecule has 1 unspecified atom stereocenters. The minimum atomic E-state index is -0.584. The lowest BCUT2D eigenvalue weighted by atomic mass is 10.4. The van der Waals surface area contributed by atoms with Gasteiger partial charge in [-0.2, -0.15) is 0 Å². The first-order valence-corrected chi connectivity index (χ1v) is 4.24. The Morgan fingerprint density at radius 3 is 2.85 bits per heavy atom. The van der Waals surface area contributed by atoms with Crippen LogP contribution in [0.15, 0.2) is 0 Å². The largest absolute Gasteiger partial charge is 0.465 e. The average molecular weight is 191 g/mol. The number of aliphatic hydroxyl groups is 1. The Kier molecular flexibility index (Phi) is 7.57. The summed E-state index contributed by atoms with van der Waals surface area (Å²) in [6.45, 7) is 2.83. The molecular formula is C8H17NO4. The van der Waals surface area contributed by atoms with E-state index in [-0.39, 0.29) is 19.1 Å². The lowest BCUT2D eigenvalue weighted by Gasteiger charge is -2.09. The van der Waals surface area contributed by atoms with Crippen LogP contribution in [0.1, 0.15) is 6.92 Å². The van der Waals surface area contributed by atoms with E-state index in [1.807, 2.05) is 0 Å². The minimum absolute atomic E-state index is 0.120. The van der Waals surface area contributed by atoms with Crippen LogP contribution in [-0.4, -0.2) is 50.6 Å². The van der Waals surface area contributed by atoms with Gasteiger partial charge in [-0.1, -0.05) is 0 Å². The molecule has 0 spiro atoms. The van der Waals surface area contributed by atoms with Gasteiger partial charge in [-0.25, -0.2) is 0 Å². The van der Waals surface area contributed by atoms with Crippen molar-refractivity contribution in [1.29, 1.82) is 0 Å². The highest BCUT2D eigenvalue weighted by atomic mass is 16.5. The molecule has 78 valence electrons. The van der Waals surface area contributed by atoms with Crippen molar-refractivity contribution in [2.45, 2.75) is 13.0 Å². The van der Waals surface area contributed by atoms with Crippen LogP contribution < -0.4 is 5.32 Å². The number of nitrogens with one attached hydrogen (secondary N) is 1. The first-order valence-electron chi connectivity index (χ1n) is 4.24. The van der Waals surface area contributed by atoms with E-state index in [2.05, 4.69) is 10.1 Å². The maximum absolute atomic E-state index is 10.8. The zero-order valence-electron chi connectivity index (χ0n) is 8.08. The zero-order chi connectivity index (χ0) is 10.1. The Labute approximate surface area is 78.0 Å². The summed E-state index contributed by atoms with van der Waals surface area (Å²) in [5.74, 6) is -0.313. The van der Waals surface area contributed by atoms with Crippen molar-refractivity contribution in [2.75, 3.05) is 33.4 Å². The Hall–Kier alpha value is -0.650. The molecule has 5 nitrogen and oxygen atoms in total. The van der Waals surface area contributed by atoms with Crippen molar-refractivity contribution in [3.05, 3.63) is 0 Å². The molecule has 0 aliphatic rings. The number of hydrogen-bond acceptors (Lipinski definition) is 5. The second kappa shape index (κ2) is 7.97. The Morgan fingerprint density at radius 2 is 2.31 bits per heavy atom. The summed E-state index contributed by atoms with van der Waals surface area (Å²) in [6.07, 6.45) is -0.584. The summed E-state index contributed by atoms with van der Waals surface area (Å²) in [6, 6.07) is 0. The second-order valence-electron chi connectivity index (χ2n) is 2.55. The zero-order valence-corrected chi connectivity index (χ0v) is 8.08. The van der Waals surface area contributed by atoms with E-state index in [0.29, 0.717) is 13.2 Å². The van der Waals surface area contributed by atoms with E-state index in [0.717, 1.165) is 0 Å². The van der Waals surface area contributed by atoms with Gasteiger partial charge in [0.25, 0.3) is 0 Å². The summed E-state index contributed by atoms with van der Waals surface area (Å²) in [4.78, 5) is 10.8. The predicted octanol–water partition coefficient (Wildman–Crippen LogP) is -0.854. The maximum Gasteiger partial charge on any atom is 0.319 e. The summed E-state index contributed by atoms with van der Waals surface area (Å²) in [5, 5.41) is 11.9. The fourth-order valence-electron chi connectivity index (χ4n) is 0.804. The van der Waals surface area contributed by atoms with Crippen LogP contribution in [0, 0.1) is 0 Å². The van der Waals surface area contributed by atoms with Crippen molar-refractivity contribution in [2.24, 2.45) is 0 Å². The van der Waals surface area contributed by atoms with Crippen molar-refractivity contribution < 1.29 is 19.4 Å². The van der Waals surface area contributed by atoms with Crippen LogP contribution in [0.2, 0.25) is 0 Å². The van der Waals surface area contributed by atoms with Crippen molar-refractivity contribution in [1.82, 2.24) is 5.32 Å². The first kappa shape index (κ1) is 12.3. The molecule has 0 aromatic rings. The van der Waals surface area contributed by atoms with Crippen LogP contribution in [0.25, 0.3) is 0 Å². The number of carbonyl (C=O) groups is 1. The van der Waals surface area contributed by atoms with Crippen LogP contribution in [0.4, 0.5) is 0 Å². The Bertz CT molecular complexity index is 140. The molecule has 0 aliphatic carbocycles. The molecule has 13 heavy (non-hydrogen) atoms. The molecule has 0 rings (SSSR count). The molecule has 5 heteroatoms. The molecule has 0 bridgehead atoms. The minimum Gasteiger partial charge on any atom is -0.465 e. The van der Waals surface area contributed by atoms with Crippen LogP contribution in [0.5, 0.6) is 0 Å². The first-order chi connectivity index (χ1) is 6.20. The van der Waals surface area contributed by atoms with Gasteiger partial charge in [-0.3, -0.25) is 4.79 Å². The molecule has 0 radical (unpaired) electrons. The van der Waals surface area contributed by atoms with E-state index in [1.54, 1.807) is 6.92 Å². The molecule has 2 N–H and O–H groups in total. The molecular weight excluding hydrogens is 174 g/mol. The van der Waals surface area contributed by atoms with Gasteiger partial charge in [0.05, 0.1) is 25.9 Å². The number of hydrogen-bond donors (Lipinski definition) is 2. The van der Waals surface area contributed by atoms with Gasteiger partial charge in [0.2, 0.25) is 0 Å². The second-order valence-corrected chi connectivity index (χ2v) is 2.55. The molecule has 0 aliphatic heterocycles. The van der Waals surface area contributed by atoms with Gasteiger partial charge < -0.3 is 19.9 Å². The monoisotopic (exact) mass is 191 g/mol. The van der Waals surface area contributed by atoms with E-state index in [4.69, 9.17) is 9.84 Å². The summed E-state index contributed by atoms with van der Waals surface area (Å²) >= 11 is 0. The molecule has 0 aromatic carbocycles. The van der Waals surface area contributed by atoms with E-state index < -0.39 is 6.10 Å². The third-order valence-electron chi connectivity index (χ3n) is 1.31. The van der Waals surface area contributed by atoms with E-state index >= 15 is 0 Å². The van der Waals surface area contributed by atoms with Crippen LogP contribution in [0.3, 0.4) is 0 Å². The van der Waals surface area contributed by atoms with Gasteiger partial charge in [0, 0.05) is 13.7 Å². The third kappa shape index (κ3) is 7.70. The lowest BCUT2D eigenvalue weighted by Crippen LogP contribution is -2.34. The number of rotatable bonds is 7. The van der Waals surface area contributed by atoms with Crippen molar-refractivity contribution in [3.8, 4) is 0 Å². The SMILES string of the molecule is CCOC(=O)CNCC(O)COC. The maximum atomic E-state index is 10.8. The fraction of sp³-hybridized carbons (Fsp3) is 0.875. The molecule has 0 fully saturated rings.